The number of rotatable bonds is 7. The van der Waals surface area contributed by atoms with Gasteiger partial charge in [-0.15, -0.1) is 0 Å². The largest absolute Gasteiger partial charge is 0.470 e. The van der Waals surface area contributed by atoms with E-state index < -0.39 is 0 Å². The van der Waals surface area contributed by atoms with E-state index in [1.165, 1.54) is 0 Å². The molecule has 0 aliphatic heterocycles. The summed E-state index contributed by atoms with van der Waals surface area (Å²) >= 11 is 0.475. The molecule has 7 nitrogen and oxygen atoms in total. The van der Waals surface area contributed by atoms with E-state index in [4.69, 9.17) is 0 Å². The monoisotopic (exact) mass is 372 g/mol. The van der Waals surface area contributed by atoms with E-state index in [-0.39, 0.29) is 17.0 Å². The summed E-state index contributed by atoms with van der Waals surface area (Å²) in [5.41, 5.74) is 1.83. The number of aromatic amines is 1. The summed E-state index contributed by atoms with van der Waals surface area (Å²) in [6, 6.07) is 9.85. The fourth-order valence-corrected chi connectivity index (χ4v) is 3.10. The zero-order valence-electron chi connectivity index (χ0n) is 15.0. The third-order valence-electron chi connectivity index (χ3n) is 4.02. The Balaban J connectivity index is 2.19. The van der Waals surface area contributed by atoms with Crippen LogP contribution in [0.2, 0.25) is 0 Å². The van der Waals surface area contributed by atoms with Crippen LogP contribution in [0.5, 0.6) is 0 Å². The van der Waals surface area contributed by atoms with Gasteiger partial charge in [-0.25, -0.2) is 14.8 Å². The Labute approximate surface area is 155 Å². The predicted octanol–water partition coefficient (Wildman–Crippen LogP) is 2.87. The van der Waals surface area contributed by atoms with Gasteiger partial charge < -0.3 is 10.3 Å². The molecule has 0 aliphatic rings. The number of anilines is 1. The lowest BCUT2D eigenvalue weighted by Crippen LogP contribution is -2.18. The molecular weight excluding hydrogens is 350 g/mol. The van der Waals surface area contributed by atoms with Gasteiger partial charge in [0.15, 0.2) is 11.5 Å². The Morgan fingerprint density at radius 1 is 1.23 bits per heavy atom. The Hall–Kier alpha value is -2.61. The maximum atomic E-state index is 12.5. The highest BCUT2D eigenvalue weighted by molar-refractivity contribution is 7.65. The van der Waals surface area contributed by atoms with Crippen molar-refractivity contribution in [2.24, 2.45) is 0 Å². The van der Waals surface area contributed by atoms with Crippen LogP contribution in [-0.2, 0) is 22.4 Å². The first kappa shape index (κ1) is 18.2. The Morgan fingerprint density at radius 2 is 1.96 bits per heavy atom. The van der Waals surface area contributed by atoms with Gasteiger partial charge in [0.25, 0.3) is 5.25 Å². The minimum absolute atomic E-state index is 0.127. The molecule has 0 aliphatic carbocycles. The van der Waals surface area contributed by atoms with Gasteiger partial charge in [-0.05, 0) is 19.4 Å². The molecule has 0 fully saturated rings. The number of fused-ring (bicyclic) bond motifs is 1. The molecular formula is C18H22N5O2S+. The fraction of sp³-hybridized carbons (Fsp3) is 0.389. The van der Waals surface area contributed by atoms with E-state index in [1.54, 1.807) is 4.57 Å². The highest BCUT2D eigenvalue weighted by Crippen LogP contribution is 2.23. The number of hydrogen-bond acceptors (Lipinski definition) is 5. The van der Waals surface area contributed by atoms with E-state index in [9.17, 15) is 9.00 Å². The highest BCUT2D eigenvalue weighted by Gasteiger charge is 2.28. The second kappa shape index (κ2) is 7.74. The lowest BCUT2D eigenvalue weighted by molar-refractivity contribution is 0.595. The summed E-state index contributed by atoms with van der Waals surface area (Å²) in [5.74, 6) is 1.00. The highest BCUT2D eigenvalue weighted by atomic mass is 32.1. The average molecular weight is 372 g/mol. The van der Waals surface area contributed by atoms with Crippen LogP contribution in [0, 0.1) is 0 Å². The van der Waals surface area contributed by atoms with Gasteiger partial charge in [0.2, 0.25) is 5.82 Å². The predicted molar refractivity (Wildman–Crippen MR) is 104 cm³/mol. The van der Waals surface area contributed by atoms with Crippen molar-refractivity contribution in [1.29, 1.82) is 0 Å². The topological polar surface area (TPSA) is 92.7 Å². The van der Waals surface area contributed by atoms with Crippen molar-refractivity contribution in [2.45, 2.75) is 45.0 Å². The van der Waals surface area contributed by atoms with E-state index in [2.05, 4.69) is 20.3 Å². The first-order chi connectivity index (χ1) is 12.5. The lowest BCUT2D eigenvalue weighted by atomic mass is 10.2. The number of imidazole rings is 1. The maximum Gasteiger partial charge on any atom is 0.470 e. The first-order valence-electron chi connectivity index (χ1n) is 8.63. The molecule has 1 aromatic carbocycles. The number of benzene rings is 1. The molecule has 1 atom stereocenters. The van der Waals surface area contributed by atoms with Crippen molar-refractivity contribution < 1.29 is 4.21 Å². The van der Waals surface area contributed by atoms with Crippen molar-refractivity contribution in [2.75, 3.05) is 5.32 Å². The van der Waals surface area contributed by atoms with Crippen LogP contribution in [0.25, 0.3) is 11.2 Å². The van der Waals surface area contributed by atoms with Crippen LogP contribution in [0.15, 0.2) is 35.1 Å². The molecule has 3 rings (SSSR count). The zero-order chi connectivity index (χ0) is 18.7. The molecule has 26 heavy (non-hydrogen) atoms. The number of hydrogen-bond donors (Lipinski definition) is 2. The molecule has 2 N–H and O–H groups in total. The number of nitrogens with one attached hydrogen (secondary N) is 2. The van der Waals surface area contributed by atoms with Gasteiger partial charge in [-0.2, -0.15) is 0 Å². The van der Waals surface area contributed by atoms with Crippen molar-refractivity contribution in [3.63, 3.8) is 0 Å². The maximum absolute atomic E-state index is 12.5. The van der Waals surface area contributed by atoms with Crippen LogP contribution < -0.4 is 11.0 Å². The standard InChI is InChI=1S/C18H21N5O2S/c1-4-13(26-25)15-21-16(19-11(2)3)14-17(22-15)23(18(24)20-14)10-12-8-6-5-7-9-12/h5-9,11,13H,4,10H2,1-3H3,(H-,19,20,21,22,24)/p+1. The molecule has 136 valence electrons. The number of aromatic nitrogens is 4. The van der Waals surface area contributed by atoms with E-state index >= 15 is 0 Å². The number of nitrogens with zero attached hydrogens (tertiary/aromatic N) is 3. The van der Waals surface area contributed by atoms with E-state index in [1.807, 2.05) is 51.1 Å². The lowest BCUT2D eigenvalue weighted by Gasteiger charge is -2.11. The van der Waals surface area contributed by atoms with E-state index in [0.717, 1.165) is 5.56 Å². The molecule has 3 aromatic rings. The van der Waals surface area contributed by atoms with Crippen molar-refractivity contribution >= 4 is 28.6 Å². The van der Waals surface area contributed by atoms with Gasteiger partial charge in [0, 0.05) is 16.7 Å². The molecule has 2 heterocycles. The van der Waals surface area contributed by atoms with Crippen LogP contribution in [0.1, 0.15) is 43.8 Å². The number of H-pyrrole nitrogens is 1. The molecule has 0 radical (unpaired) electrons. The Bertz CT molecular complexity index is 965. The summed E-state index contributed by atoms with van der Waals surface area (Å²) in [7, 11) is 0. The Morgan fingerprint density at radius 3 is 2.58 bits per heavy atom. The van der Waals surface area contributed by atoms with Crippen LogP contribution >= 0.6 is 0 Å². The van der Waals surface area contributed by atoms with Gasteiger partial charge in [0.1, 0.15) is 5.52 Å². The summed E-state index contributed by atoms with van der Waals surface area (Å²) < 4.78 is 13.0. The second-order valence-electron chi connectivity index (χ2n) is 6.42. The van der Waals surface area contributed by atoms with Gasteiger partial charge in [-0.1, -0.05) is 37.3 Å². The van der Waals surface area contributed by atoms with Crippen molar-refractivity contribution in [3.8, 4) is 0 Å². The van der Waals surface area contributed by atoms with Crippen molar-refractivity contribution in [1.82, 2.24) is 19.5 Å². The third-order valence-corrected chi connectivity index (χ3v) is 4.80. The Kier molecular flexibility index (Phi) is 5.41. The summed E-state index contributed by atoms with van der Waals surface area (Å²) in [5, 5.41) is 2.89. The smallest absolute Gasteiger partial charge is 0.366 e. The molecule has 0 bridgehead atoms. The van der Waals surface area contributed by atoms with Gasteiger partial charge >= 0.3 is 17.4 Å². The second-order valence-corrected chi connectivity index (χ2v) is 7.18. The normalized spacial score (nSPS) is 12.5. The zero-order valence-corrected chi connectivity index (χ0v) is 15.8. The molecule has 2 aromatic heterocycles. The quantitative estimate of drug-likeness (QED) is 0.622. The molecule has 8 heteroatoms. The SMILES string of the molecule is CCC([S+]=O)c1nc(NC(C)C)c2[nH]c(=O)n(Cc3ccccc3)c2n1. The minimum Gasteiger partial charge on any atom is -0.366 e. The van der Waals surface area contributed by atoms with Crippen LogP contribution in [-0.4, -0.2) is 25.6 Å². The fourth-order valence-electron chi connectivity index (χ4n) is 2.77. The molecule has 0 amide bonds. The summed E-state index contributed by atoms with van der Waals surface area (Å²) in [6.07, 6.45) is 0.619. The third kappa shape index (κ3) is 3.65. The summed E-state index contributed by atoms with van der Waals surface area (Å²) in [6.45, 7) is 6.31. The summed E-state index contributed by atoms with van der Waals surface area (Å²) in [4.78, 5) is 24.5. The van der Waals surface area contributed by atoms with Gasteiger partial charge in [-0.3, -0.25) is 4.57 Å². The molecule has 0 saturated carbocycles. The molecule has 0 saturated heterocycles. The van der Waals surface area contributed by atoms with Crippen LogP contribution in [0.4, 0.5) is 5.82 Å². The average Bonchev–Trinajstić information content (AvgIpc) is 2.93. The molecule has 1 unspecified atom stereocenters. The van der Waals surface area contributed by atoms with Crippen LogP contribution in [0.3, 0.4) is 0 Å². The molecule has 0 spiro atoms. The van der Waals surface area contributed by atoms with Gasteiger partial charge in [0.05, 0.1) is 6.54 Å². The minimum atomic E-state index is -0.359. The van der Waals surface area contributed by atoms with Crippen molar-refractivity contribution in [3.05, 3.63) is 52.2 Å². The first-order valence-corrected chi connectivity index (χ1v) is 9.43. The van der Waals surface area contributed by atoms with E-state index in [0.29, 0.717) is 47.4 Å².